The highest BCUT2D eigenvalue weighted by atomic mass is 16.1. The van der Waals surface area contributed by atoms with Crippen LogP contribution in [0.5, 0.6) is 0 Å². The molecule has 1 saturated carbocycles. The van der Waals surface area contributed by atoms with E-state index in [4.69, 9.17) is 0 Å². The first-order valence-electron chi connectivity index (χ1n) is 8.94. The molecule has 0 saturated heterocycles. The standard InChI is InChI=1S/C20H25N3O/c24-19(11-10-16-6-2-1-3-7-16)23-15-18-9-5-13-22-20(18)17-8-4-12-21-14-17/h4-5,8-9,12-14,16H,1-3,6-7,10-11,15H2,(H,23,24). The van der Waals surface area contributed by atoms with Gasteiger partial charge in [0, 0.05) is 37.1 Å². The first-order valence-corrected chi connectivity index (χ1v) is 8.94. The van der Waals surface area contributed by atoms with E-state index in [1.807, 2.05) is 24.3 Å². The number of rotatable bonds is 6. The Morgan fingerprint density at radius 3 is 2.75 bits per heavy atom. The van der Waals surface area contributed by atoms with Gasteiger partial charge in [-0.3, -0.25) is 14.8 Å². The number of aromatic nitrogens is 2. The maximum atomic E-state index is 12.2. The number of carbonyl (C=O) groups excluding carboxylic acids is 1. The summed E-state index contributed by atoms with van der Waals surface area (Å²) in [5, 5.41) is 3.05. The number of amides is 1. The van der Waals surface area contributed by atoms with Crippen LogP contribution < -0.4 is 5.32 Å². The Morgan fingerprint density at radius 2 is 1.96 bits per heavy atom. The van der Waals surface area contributed by atoms with Gasteiger partial charge in [-0.1, -0.05) is 38.2 Å². The normalized spacial score (nSPS) is 15.2. The van der Waals surface area contributed by atoms with E-state index in [-0.39, 0.29) is 5.91 Å². The molecule has 1 amide bonds. The van der Waals surface area contributed by atoms with E-state index in [1.54, 1.807) is 18.6 Å². The van der Waals surface area contributed by atoms with Crippen molar-refractivity contribution in [2.45, 2.75) is 51.5 Å². The fraction of sp³-hybridized carbons (Fsp3) is 0.450. The first kappa shape index (κ1) is 16.6. The molecule has 24 heavy (non-hydrogen) atoms. The fourth-order valence-electron chi connectivity index (χ4n) is 3.44. The number of pyridine rings is 2. The molecule has 2 heterocycles. The van der Waals surface area contributed by atoms with Crippen LogP contribution in [0.4, 0.5) is 0 Å². The highest BCUT2D eigenvalue weighted by Gasteiger charge is 2.15. The molecule has 3 rings (SSSR count). The summed E-state index contributed by atoms with van der Waals surface area (Å²) < 4.78 is 0. The van der Waals surface area contributed by atoms with Crippen LogP contribution in [-0.2, 0) is 11.3 Å². The molecule has 0 bridgehead atoms. The highest BCUT2D eigenvalue weighted by Crippen LogP contribution is 2.27. The maximum Gasteiger partial charge on any atom is 0.220 e. The van der Waals surface area contributed by atoms with Gasteiger partial charge in [0.05, 0.1) is 5.69 Å². The van der Waals surface area contributed by atoms with Gasteiger partial charge in [-0.25, -0.2) is 0 Å². The molecule has 4 heteroatoms. The van der Waals surface area contributed by atoms with E-state index in [1.165, 1.54) is 32.1 Å². The lowest BCUT2D eigenvalue weighted by atomic mass is 9.86. The third-order valence-corrected chi connectivity index (χ3v) is 4.81. The second-order valence-corrected chi connectivity index (χ2v) is 6.57. The number of nitrogens with zero attached hydrogens (tertiary/aromatic N) is 2. The summed E-state index contributed by atoms with van der Waals surface area (Å²) >= 11 is 0. The lowest BCUT2D eigenvalue weighted by Crippen LogP contribution is -2.24. The van der Waals surface area contributed by atoms with Crippen LogP contribution in [0.15, 0.2) is 42.9 Å². The lowest BCUT2D eigenvalue weighted by molar-refractivity contribution is -0.121. The van der Waals surface area contributed by atoms with Crippen LogP contribution in [0.1, 0.15) is 50.5 Å². The zero-order chi connectivity index (χ0) is 16.6. The Bertz CT molecular complexity index is 651. The number of carbonyl (C=O) groups is 1. The molecule has 1 fully saturated rings. The topological polar surface area (TPSA) is 54.9 Å². The van der Waals surface area contributed by atoms with Crippen molar-refractivity contribution in [2.75, 3.05) is 0 Å². The van der Waals surface area contributed by atoms with E-state index >= 15 is 0 Å². The molecule has 0 aromatic carbocycles. The monoisotopic (exact) mass is 323 g/mol. The zero-order valence-electron chi connectivity index (χ0n) is 14.1. The Labute approximate surface area is 143 Å². The predicted octanol–water partition coefficient (Wildman–Crippen LogP) is 4.12. The van der Waals surface area contributed by atoms with Crippen molar-refractivity contribution < 1.29 is 4.79 Å². The molecule has 126 valence electrons. The molecule has 0 atom stereocenters. The SMILES string of the molecule is O=C(CCC1CCCCC1)NCc1cccnc1-c1cccnc1. The van der Waals surface area contributed by atoms with Gasteiger partial charge in [0.2, 0.25) is 5.91 Å². The molecule has 0 unspecified atom stereocenters. The summed E-state index contributed by atoms with van der Waals surface area (Å²) in [6.07, 6.45) is 13.6. The fourth-order valence-corrected chi connectivity index (χ4v) is 3.44. The average molecular weight is 323 g/mol. The molecule has 0 radical (unpaired) electrons. The zero-order valence-corrected chi connectivity index (χ0v) is 14.1. The molecule has 0 spiro atoms. The van der Waals surface area contributed by atoms with Gasteiger partial charge in [0.1, 0.15) is 0 Å². The van der Waals surface area contributed by atoms with E-state index < -0.39 is 0 Å². The first-order chi connectivity index (χ1) is 11.8. The smallest absolute Gasteiger partial charge is 0.220 e. The van der Waals surface area contributed by atoms with E-state index in [0.717, 1.165) is 29.2 Å². The van der Waals surface area contributed by atoms with Gasteiger partial charge in [0.15, 0.2) is 0 Å². The van der Waals surface area contributed by atoms with Gasteiger partial charge >= 0.3 is 0 Å². The van der Waals surface area contributed by atoms with Crippen molar-refractivity contribution in [3.05, 3.63) is 48.4 Å². The van der Waals surface area contributed by atoms with Gasteiger partial charge < -0.3 is 5.32 Å². The maximum absolute atomic E-state index is 12.2. The van der Waals surface area contributed by atoms with Crippen molar-refractivity contribution in [1.29, 1.82) is 0 Å². The number of hydrogen-bond acceptors (Lipinski definition) is 3. The summed E-state index contributed by atoms with van der Waals surface area (Å²) in [7, 11) is 0. The Balaban J connectivity index is 1.54. The molecule has 4 nitrogen and oxygen atoms in total. The molecular weight excluding hydrogens is 298 g/mol. The van der Waals surface area contributed by atoms with E-state index in [2.05, 4.69) is 15.3 Å². The van der Waals surface area contributed by atoms with Gasteiger partial charge in [-0.2, -0.15) is 0 Å². The second kappa shape index (κ2) is 8.57. The van der Waals surface area contributed by atoms with Crippen LogP contribution in [0.3, 0.4) is 0 Å². The minimum atomic E-state index is 0.140. The second-order valence-electron chi connectivity index (χ2n) is 6.57. The highest BCUT2D eigenvalue weighted by molar-refractivity contribution is 5.76. The lowest BCUT2D eigenvalue weighted by Gasteiger charge is -2.21. The average Bonchev–Trinajstić information content (AvgIpc) is 2.66. The Kier molecular flexibility index (Phi) is 5.94. The third-order valence-electron chi connectivity index (χ3n) is 4.81. The molecular formula is C20H25N3O. The molecule has 0 aliphatic heterocycles. The predicted molar refractivity (Wildman–Crippen MR) is 95.1 cm³/mol. The van der Waals surface area contributed by atoms with Gasteiger partial charge in [0.25, 0.3) is 0 Å². The minimum Gasteiger partial charge on any atom is -0.352 e. The Hall–Kier alpha value is -2.23. The van der Waals surface area contributed by atoms with Crippen LogP contribution in [0, 0.1) is 5.92 Å². The molecule has 2 aromatic heterocycles. The quantitative estimate of drug-likeness (QED) is 0.870. The molecule has 2 aromatic rings. The van der Waals surface area contributed by atoms with Crippen LogP contribution >= 0.6 is 0 Å². The number of nitrogens with one attached hydrogen (secondary N) is 1. The summed E-state index contributed by atoms with van der Waals surface area (Å²) in [5.41, 5.74) is 2.89. The van der Waals surface area contributed by atoms with Crippen molar-refractivity contribution in [3.8, 4) is 11.3 Å². The van der Waals surface area contributed by atoms with E-state index in [9.17, 15) is 4.79 Å². The van der Waals surface area contributed by atoms with Gasteiger partial charge in [-0.15, -0.1) is 0 Å². The van der Waals surface area contributed by atoms with E-state index in [0.29, 0.717) is 13.0 Å². The minimum absolute atomic E-state index is 0.140. The molecule has 1 aliphatic rings. The van der Waals surface area contributed by atoms with Crippen LogP contribution in [0.2, 0.25) is 0 Å². The van der Waals surface area contributed by atoms with Crippen molar-refractivity contribution in [3.63, 3.8) is 0 Å². The molecule has 1 N–H and O–H groups in total. The van der Waals surface area contributed by atoms with Crippen LogP contribution in [0.25, 0.3) is 11.3 Å². The van der Waals surface area contributed by atoms with Crippen molar-refractivity contribution in [1.82, 2.24) is 15.3 Å². The number of hydrogen-bond donors (Lipinski definition) is 1. The summed E-state index contributed by atoms with van der Waals surface area (Å²) in [6.45, 7) is 0.515. The Morgan fingerprint density at radius 1 is 1.12 bits per heavy atom. The largest absolute Gasteiger partial charge is 0.352 e. The summed E-state index contributed by atoms with van der Waals surface area (Å²) in [5.74, 6) is 0.885. The van der Waals surface area contributed by atoms with Crippen molar-refractivity contribution in [2.24, 2.45) is 5.92 Å². The van der Waals surface area contributed by atoms with Gasteiger partial charge in [-0.05, 0) is 36.1 Å². The van der Waals surface area contributed by atoms with Crippen molar-refractivity contribution >= 4 is 5.91 Å². The van der Waals surface area contributed by atoms with Crippen LogP contribution in [-0.4, -0.2) is 15.9 Å². The summed E-state index contributed by atoms with van der Waals surface area (Å²) in [6, 6.07) is 7.81. The third kappa shape index (κ3) is 4.63. The molecule has 1 aliphatic carbocycles. The summed E-state index contributed by atoms with van der Waals surface area (Å²) in [4.78, 5) is 20.8.